The monoisotopic (exact) mass is 348 g/mol. The third-order valence-electron chi connectivity index (χ3n) is 6.91. The summed E-state index contributed by atoms with van der Waals surface area (Å²) in [6.45, 7) is 9.37. The average molecular weight is 348 g/mol. The van der Waals surface area contributed by atoms with E-state index in [1.54, 1.807) is 26.8 Å². The van der Waals surface area contributed by atoms with Gasteiger partial charge in [-0.1, -0.05) is 19.9 Å². The van der Waals surface area contributed by atoms with Crippen LogP contribution in [-0.4, -0.2) is 35.4 Å². The van der Waals surface area contributed by atoms with Gasteiger partial charge in [0.05, 0.1) is 6.10 Å². The average Bonchev–Trinajstić information content (AvgIpc) is 2.86. The molecule has 0 aromatic carbocycles. The second kappa shape index (κ2) is 6.27. The number of carbonyl (C=O) groups is 2. The number of hydrogen-bond donors (Lipinski definition) is 1. The van der Waals surface area contributed by atoms with Gasteiger partial charge in [0.2, 0.25) is 0 Å². The molecule has 0 amide bonds. The lowest BCUT2D eigenvalue weighted by atomic mass is 9.52. The van der Waals surface area contributed by atoms with E-state index in [4.69, 9.17) is 9.47 Å². The molecule has 2 fully saturated rings. The van der Waals surface area contributed by atoms with Gasteiger partial charge in [0, 0.05) is 22.1 Å². The van der Waals surface area contributed by atoms with Crippen LogP contribution in [-0.2, 0) is 19.1 Å². The number of rotatable bonds is 2. The first-order chi connectivity index (χ1) is 11.7. The predicted molar refractivity (Wildman–Crippen MR) is 92.5 cm³/mol. The van der Waals surface area contributed by atoms with E-state index in [9.17, 15) is 14.7 Å². The summed E-state index contributed by atoms with van der Waals surface area (Å²) in [7, 11) is 0. The molecular formula is C20H28O5. The van der Waals surface area contributed by atoms with Crippen LogP contribution in [0.2, 0.25) is 0 Å². The maximum Gasteiger partial charge on any atom is 0.334 e. The van der Waals surface area contributed by atoms with E-state index in [2.05, 4.69) is 6.92 Å². The van der Waals surface area contributed by atoms with E-state index in [1.807, 2.05) is 6.92 Å². The maximum absolute atomic E-state index is 12.5. The Bertz CT molecular complexity index is 661. The van der Waals surface area contributed by atoms with Gasteiger partial charge in [-0.15, -0.1) is 0 Å². The number of aliphatic hydroxyl groups excluding tert-OH is 1. The van der Waals surface area contributed by atoms with Gasteiger partial charge >= 0.3 is 11.9 Å². The van der Waals surface area contributed by atoms with Gasteiger partial charge in [0.1, 0.15) is 12.2 Å². The Morgan fingerprint density at radius 1 is 1.40 bits per heavy atom. The summed E-state index contributed by atoms with van der Waals surface area (Å²) in [5.41, 5.74) is 1.46. The lowest BCUT2D eigenvalue weighted by Crippen LogP contribution is -2.58. The summed E-state index contributed by atoms with van der Waals surface area (Å²) in [5.74, 6) is -0.492. The zero-order valence-electron chi connectivity index (χ0n) is 15.7. The van der Waals surface area contributed by atoms with E-state index >= 15 is 0 Å². The molecule has 0 bridgehead atoms. The van der Waals surface area contributed by atoms with Gasteiger partial charge in [-0.2, -0.15) is 0 Å². The lowest BCUT2D eigenvalue weighted by molar-refractivity contribution is -0.175. The zero-order valence-corrected chi connectivity index (χ0v) is 15.7. The van der Waals surface area contributed by atoms with Crippen molar-refractivity contribution in [3.05, 3.63) is 22.8 Å². The maximum atomic E-state index is 12.5. The Kier molecular flexibility index (Phi) is 4.56. The van der Waals surface area contributed by atoms with Gasteiger partial charge in [-0.25, -0.2) is 9.59 Å². The summed E-state index contributed by atoms with van der Waals surface area (Å²) >= 11 is 0. The molecule has 1 aliphatic heterocycles. The molecular weight excluding hydrogens is 320 g/mol. The summed E-state index contributed by atoms with van der Waals surface area (Å²) in [6, 6.07) is 0. The molecule has 3 aliphatic rings. The Morgan fingerprint density at radius 2 is 2.08 bits per heavy atom. The lowest BCUT2D eigenvalue weighted by Gasteiger charge is -2.56. The molecule has 2 saturated carbocycles. The highest BCUT2D eigenvalue weighted by Gasteiger charge is 2.60. The smallest absolute Gasteiger partial charge is 0.334 e. The predicted octanol–water partition coefficient (Wildman–Crippen LogP) is 2.92. The summed E-state index contributed by atoms with van der Waals surface area (Å²) < 4.78 is 11.5. The first kappa shape index (κ1) is 18.2. The van der Waals surface area contributed by atoms with E-state index < -0.39 is 17.6 Å². The molecule has 0 aromatic heterocycles. The van der Waals surface area contributed by atoms with Gasteiger partial charge in [-0.05, 0) is 51.9 Å². The minimum absolute atomic E-state index is 0.0353. The van der Waals surface area contributed by atoms with E-state index in [1.165, 1.54) is 0 Å². The molecule has 3 rings (SSSR count). The number of esters is 2. The fraction of sp³-hybridized carbons (Fsp3) is 0.700. The Morgan fingerprint density at radius 3 is 2.72 bits per heavy atom. The first-order valence-corrected chi connectivity index (χ1v) is 9.15. The molecule has 2 aliphatic carbocycles. The fourth-order valence-electron chi connectivity index (χ4n) is 4.83. The Balaban J connectivity index is 2.08. The van der Waals surface area contributed by atoms with Crippen LogP contribution in [0.1, 0.15) is 53.9 Å². The van der Waals surface area contributed by atoms with Crippen LogP contribution in [0.25, 0.3) is 0 Å². The molecule has 0 radical (unpaired) electrons. The van der Waals surface area contributed by atoms with Crippen molar-refractivity contribution in [3.8, 4) is 0 Å². The largest absolute Gasteiger partial charge is 0.454 e. The van der Waals surface area contributed by atoms with Crippen LogP contribution < -0.4 is 0 Å². The van der Waals surface area contributed by atoms with Crippen molar-refractivity contribution < 1.29 is 24.2 Å². The van der Waals surface area contributed by atoms with Crippen molar-refractivity contribution in [2.75, 3.05) is 0 Å². The van der Waals surface area contributed by atoms with Crippen molar-refractivity contribution >= 4 is 11.9 Å². The molecule has 25 heavy (non-hydrogen) atoms. The van der Waals surface area contributed by atoms with Crippen LogP contribution in [0.15, 0.2) is 22.8 Å². The van der Waals surface area contributed by atoms with Crippen molar-refractivity contribution in [3.63, 3.8) is 0 Å². The van der Waals surface area contributed by atoms with Gasteiger partial charge in [0.15, 0.2) is 0 Å². The number of aliphatic hydroxyl groups is 1. The third-order valence-corrected chi connectivity index (χ3v) is 6.91. The molecule has 6 atom stereocenters. The van der Waals surface area contributed by atoms with E-state index in [0.29, 0.717) is 11.1 Å². The van der Waals surface area contributed by atoms with Gasteiger partial charge in [-0.3, -0.25) is 0 Å². The van der Waals surface area contributed by atoms with Crippen molar-refractivity contribution in [2.45, 2.75) is 72.2 Å². The van der Waals surface area contributed by atoms with Crippen molar-refractivity contribution in [2.24, 2.45) is 17.3 Å². The zero-order chi connectivity index (χ0) is 18.5. The van der Waals surface area contributed by atoms with Crippen LogP contribution in [0, 0.1) is 17.3 Å². The highest BCUT2D eigenvalue weighted by Crippen LogP contribution is 2.57. The van der Waals surface area contributed by atoms with E-state index in [0.717, 1.165) is 24.8 Å². The van der Waals surface area contributed by atoms with Crippen molar-refractivity contribution in [1.82, 2.24) is 0 Å². The number of fused-ring (bicyclic) bond motifs is 2. The SMILES string of the molecule is C/C=C(\C)C(=O)OC1C2=C(C)C(=O)OC2CC2CCC(O)C(C)C21C. The second-order valence-corrected chi connectivity index (χ2v) is 7.96. The molecule has 0 aromatic rings. The molecule has 1 heterocycles. The van der Waals surface area contributed by atoms with Crippen LogP contribution in [0.3, 0.4) is 0 Å². The summed E-state index contributed by atoms with van der Waals surface area (Å²) in [6.07, 6.45) is 2.75. The highest BCUT2D eigenvalue weighted by atomic mass is 16.6. The van der Waals surface area contributed by atoms with Crippen LogP contribution in [0.4, 0.5) is 0 Å². The molecule has 5 nitrogen and oxygen atoms in total. The van der Waals surface area contributed by atoms with Crippen LogP contribution in [0.5, 0.6) is 0 Å². The molecule has 0 saturated heterocycles. The molecule has 0 spiro atoms. The second-order valence-electron chi connectivity index (χ2n) is 7.96. The van der Waals surface area contributed by atoms with Crippen molar-refractivity contribution in [1.29, 1.82) is 0 Å². The normalized spacial score (nSPS) is 41.1. The standard InChI is InChI=1S/C20H28O5/c1-6-10(2)18(22)25-17-16-11(3)19(23)24-15(16)9-13-7-8-14(21)12(4)20(13,17)5/h6,12-15,17,21H,7-9H2,1-5H3/b10-6+. The quantitative estimate of drug-likeness (QED) is 0.613. The molecule has 5 heteroatoms. The number of hydrogen-bond acceptors (Lipinski definition) is 5. The number of carbonyl (C=O) groups excluding carboxylic acids is 2. The number of allylic oxidation sites excluding steroid dienone is 1. The van der Waals surface area contributed by atoms with Gasteiger partial charge < -0.3 is 14.6 Å². The molecule has 138 valence electrons. The van der Waals surface area contributed by atoms with Crippen LogP contribution >= 0.6 is 0 Å². The topological polar surface area (TPSA) is 72.8 Å². The fourth-order valence-corrected chi connectivity index (χ4v) is 4.83. The first-order valence-electron chi connectivity index (χ1n) is 9.15. The summed E-state index contributed by atoms with van der Waals surface area (Å²) in [4.78, 5) is 24.7. The Hall–Kier alpha value is -1.62. The molecule has 1 N–H and O–H groups in total. The minimum atomic E-state index is -0.546. The highest BCUT2D eigenvalue weighted by molar-refractivity contribution is 5.93. The summed E-state index contributed by atoms with van der Waals surface area (Å²) in [5, 5.41) is 10.5. The van der Waals surface area contributed by atoms with Gasteiger partial charge in [0.25, 0.3) is 0 Å². The number of ether oxygens (including phenoxy) is 2. The Labute approximate surface area is 149 Å². The minimum Gasteiger partial charge on any atom is -0.454 e. The third kappa shape index (κ3) is 2.64. The van der Waals surface area contributed by atoms with E-state index in [-0.39, 0.29) is 29.9 Å². The molecule has 6 unspecified atom stereocenters.